The van der Waals surface area contributed by atoms with Gasteiger partial charge in [0.25, 0.3) is 0 Å². The number of aromatic nitrogens is 2. The number of hydrogen-bond donors (Lipinski definition) is 1. The third kappa shape index (κ3) is 2.53. The van der Waals surface area contributed by atoms with E-state index in [1.54, 1.807) is 12.4 Å². The molecule has 0 spiro atoms. The molecule has 1 unspecified atom stereocenters. The minimum Gasteiger partial charge on any atom is -0.388 e. The summed E-state index contributed by atoms with van der Waals surface area (Å²) in [7, 11) is 0. The quantitative estimate of drug-likeness (QED) is 0.790. The molecule has 3 rings (SSSR count). The molecule has 3 aromatic rings. The normalized spacial score (nSPS) is 12.5. The van der Waals surface area contributed by atoms with Crippen molar-refractivity contribution in [2.24, 2.45) is 0 Å². The Morgan fingerprint density at radius 2 is 2.00 bits per heavy atom. The molecule has 0 amide bonds. The number of nitrogens with zero attached hydrogens (tertiary/aromatic N) is 2. The summed E-state index contributed by atoms with van der Waals surface area (Å²) in [4.78, 5) is 8.59. The van der Waals surface area contributed by atoms with E-state index in [0.717, 1.165) is 27.7 Å². The SMILES string of the molecule is Cc1cc(C(O)Cc2cccnc2)c2ccccc2n1. The van der Waals surface area contributed by atoms with E-state index in [-0.39, 0.29) is 0 Å². The number of hydrogen-bond acceptors (Lipinski definition) is 3. The van der Waals surface area contributed by atoms with Gasteiger partial charge in [-0.15, -0.1) is 0 Å². The van der Waals surface area contributed by atoms with Crippen LogP contribution in [-0.4, -0.2) is 15.1 Å². The summed E-state index contributed by atoms with van der Waals surface area (Å²) >= 11 is 0. The predicted molar refractivity (Wildman–Crippen MR) is 79.4 cm³/mol. The van der Waals surface area contributed by atoms with Gasteiger partial charge in [-0.2, -0.15) is 0 Å². The lowest BCUT2D eigenvalue weighted by molar-refractivity contribution is 0.180. The van der Waals surface area contributed by atoms with Gasteiger partial charge >= 0.3 is 0 Å². The van der Waals surface area contributed by atoms with Crippen LogP contribution < -0.4 is 0 Å². The second kappa shape index (κ2) is 5.39. The highest BCUT2D eigenvalue weighted by atomic mass is 16.3. The predicted octanol–water partition coefficient (Wildman–Crippen LogP) is 3.21. The minimum absolute atomic E-state index is 0.550. The zero-order valence-corrected chi connectivity index (χ0v) is 11.3. The van der Waals surface area contributed by atoms with Crippen LogP contribution in [0.4, 0.5) is 0 Å². The number of rotatable bonds is 3. The van der Waals surface area contributed by atoms with Gasteiger partial charge in [0, 0.05) is 29.9 Å². The molecule has 3 heteroatoms. The molecule has 1 N–H and O–H groups in total. The van der Waals surface area contributed by atoms with Crippen molar-refractivity contribution in [2.75, 3.05) is 0 Å². The summed E-state index contributed by atoms with van der Waals surface area (Å²) in [6.45, 7) is 1.95. The van der Waals surface area contributed by atoms with Gasteiger partial charge in [-0.3, -0.25) is 9.97 Å². The molecule has 0 aliphatic heterocycles. The first kappa shape index (κ1) is 12.8. The summed E-state index contributed by atoms with van der Waals surface area (Å²) < 4.78 is 0. The van der Waals surface area contributed by atoms with E-state index < -0.39 is 6.10 Å². The number of fused-ring (bicyclic) bond motifs is 1. The van der Waals surface area contributed by atoms with Crippen molar-refractivity contribution < 1.29 is 5.11 Å². The summed E-state index contributed by atoms with van der Waals surface area (Å²) in [5.74, 6) is 0. The van der Waals surface area contributed by atoms with E-state index in [4.69, 9.17) is 0 Å². The third-order valence-electron chi connectivity index (χ3n) is 3.39. The third-order valence-corrected chi connectivity index (χ3v) is 3.39. The molecular weight excluding hydrogens is 248 g/mol. The van der Waals surface area contributed by atoms with E-state index in [2.05, 4.69) is 9.97 Å². The number of benzene rings is 1. The standard InChI is InChI=1S/C17H16N2O/c1-12-9-15(14-6-2-3-7-16(14)19-12)17(20)10-13-5-4-8-18-11-13/h2-9,11,17,20H,10H2,1H3. The maximum atomic E-state index is 10.5. The molecule has 1 aromatic carbocycles. The summed E-state index contributed by atoms with van der Waals surface area (Å²) in [5, 5.41) is 11.5. The molecule has 1 atom stereocenters. The fourth-order valence-electron chi connectivity index (χ4n) is 2.47. The average molecular weight is 264 g/mol. The number of aliphatic hydroxyl groups excluding tert-OH is 1. The first-order valence-corrected chi connectivity index (χ1v) is 6.67. The van der Waals surface area contributed by atoms with E-state index >= 15 is 0 Å². The zero-order chi connectivity index (χ0) is 13.9. The van der Waals surface area contributed by atoms with Gasteiger partial charge in [0.1, 0.15) is 0 Å². The lowest BCUT2D eigenvalue weighted by Crippen LogP contribution is -2.04. The Balaban J connectivity index is 2.01. The maximum Gasteiger partial charge on any atom is 0.0838 e. The van der Waals surface area contributed by atoms with Crippen molar-refractivity contribution in [3.05, 3.63) is 71.7 Å². The van der Waals surface area contributed by atoms with Crippen LogP contribution in [0.25, 0.3) is 10.9 Å². The largest absolute Gasteiger partial charge is 0.388 e. The molecule has 0 aliphatic carbocycles. The van der Waals surface area contributed by atoms with Crippen molar-refractivity contribution in [1.29, 1.82) is 0 Å². The van der Waals surface area contributed by atoms with Gasteiger partial charge in [-0.25, -0.2) is 0 Å². The van der Waals surface area contributed by atoms with Crippen LogP contribution in [0.3, 0.4) is 0 Å². The second-order valence-electron chi connectivity index (χ2n) is 4.95. The topological polar surface area (TPSA) is 46.0 Å². The second-order valence-corrected chi connectivity index (χ2v) is 4.95. The number of aryl methyl sites for hydroxylation is 1. The van der Waals surface area contributed by atoms with E-state index in [0.29, 0.717) is 6.42 Å². The summed E-state index contributed by atoms with van der Waals surface area (Å²) in [6, 6.07) is 13.7. The van der Waals surface area contributed by atoms with E-state index in [9.17, 15) is 5.11 Å². The van der Waals surface area contributed by atoms with Crippen molar-refractivity contribution >= 4 is 10.9 Å². The molecule has 3 nitrogen and oxygen atoms in total. The summed E-state index contributed by atoms with van der Waals surface area (Å²) in [5.41, 5.74) is 3.80. The maximum absolute atomic E-state index is 10.5. The van der Waals surface area contributed by atoms with Crippen molar-refractivity contribution in [3.8, 4) is 0 Å². The molecule has 20 heavy (non-hydrogen) atoms. The molecule has 0 saturated heterocycles. The van der Waals surface area contributed by atoms with Crippen LogP contribution in [0, 0.1) is 6.92 Å². The Morgan fingerprint density at radius 1 is 1.15 bits per heavy atom. The van der Waals surface area contributed by atoms with Gasteiger partial charge in [0.15, 0.2) is 0 Å². The Bertz CT molecular complexity index is 725. The molecule has 0 fully saturated rings. The van der Waals surface area contributed by atoms with Crippen LogP contribution in [0.15, 0.2) is 54.9 Å². The van der Waals surface area contributed by atoms with Crippen molar-refractivity contribution in [1.82, 2.24) is 9.97 Å². The van der Waals surface area contributed by atoms with Crippen LogP contribution in [0.2, 0.25) is 0 Å². The molecule has 0 aliphatic rings. The van der Waals surface area contributed by atoms with Gasteiger partial charge in [0.05, 0.1) is 11.6 Å². The molecule has 100 valence electrons. The highest BCUT2D eigenvalue weighted by Gasteiger charge is 2.13. The van der Waals surface area contributed by atoms with Crippen LogP contribution in [0.5, 0.6) is 0 Å². The average Bonchev–Trinajstić information content (AvgIpc) is 2.47. The Labute approximate surface area is 117 Å². The highest BCUT2D eigenvalue weighted by molar-refractivity contribution is 5.82. The molecule has 2 heterocycles. The first-order valence-electron chi connectivity index (χ1n) is 6.67. The number of pyridine rings is 2. The first-order chi connectivity index (χ1) is 9.74. The van der Waals surface area contributed by atoms with Crippen molar-refractivity contribution in [3.63, 3.8) is 0 Å². The molecular formula is C17H16N2O. The molecule has 0 radical (unpaired) electrons. The van der Waals surface area contributed by atoms with E-state index in [1.807, 2.05) is 49.4 Å². The fraction of sp³-hybridized carbons (Fsp3) is 0.176. The monoisotopic (exact) mass is 264 g/mol. The van der Waals surface area contributed by atoms with E-state index in [1.165, 1.54) is 0 Å². The lowest BCUT2D eigenvalue weighted by Gasteiger charge is -2.14. The van der Waals surface area contributed by atoms with Gasteiger partial charge in [-0.05, 0) is 36.2 Å². The van der Waals surface area contributed by atoms with Crippen LogP contribution in [-0.2, 0) is 6.42 Å². The molecule has 0 bridgehead atoms. The minimum atomic E-state index is -0.550. The fourth-order valence-corrected chi connectivity index (χ4v) is 2.47. The number of aliphatic hydroxyl groups is 1. The number of para-hydroxylation sites is 1. The molecule has 2 aromatic heterocycles. The zero-order valence-electron chi connectivity index (χ0n) is 11.3. The van der Waals surface area contributed by atoms with Crippen molar-refractivity contribution in [2.45, 2.75) is 19.4 Å². The Hall–Kier alpha value is -2.26. The Morgan fingerprint density at radius 3 is 2.80 bits per heavy atom. The smallest absolute Gasteiger partial charge is 0.0838 e. The highest BCUT2D eigenvalue weighted by Crippen LogP contribution is 2.26. The van der Waals surface area contributed by atoms with Gasteiger partial charge in [0.2, 0.25) is 0 Å². The Kier molecular flexibility index (Phi) is 3.44. The van der Waals surface area contributed by atoms with Crippen LogP contribution in [0.1, 0.15) is 22.9 Å². The lowest BCUT2D eigenvalue weighted by atomic mass is 9.98. The van der Waals surface area contributed by atoms with Gasteiger partial charge in [-0.1, -0.05) is 24.3 Å². The molecule has 0 saturated carbocycles. The van der Waals surface area contributed by atoms with Crippen LogP contribution >= 0.6 is 0 Å². The summed E-state index contributed by atoms with van der Waals surface area (Å²) in [6.07, 6.45) is 3.54. The van der Waals surface area contributed by atoms with Gasteiger partial charge < -0.3 is 5.11 Å².